The molecule has 1 aromatic heterocycles. The molecule has 7 nitrogen and oxygen atoms in total. The molecule has 0 aliphatic rings. The van der Waals surface area contributed by atoms with Crippen molar-refractivity contribution >= 4 is 34.2 Å². The van der Waals surface area contributed by atoms with E-state index in [2.05, 4.69) is 15.6 Å². The van der Waals surface area contributed by atoms with Crippen LogP contribution < -0.4 is 14.9 Å². The zero-order valence-corrected chi connectivity index (χ0v) is 14.4. The second-order valence-electron chi connectivity index (χ2n) is 5.26. The van der Waals surface area contributed by atoms with E-state index in [1.165, 1.54) is 4.85 Å². The topological polar surface area (TPSA) is 78.3 Å². The minimum atomic E-state index is -0.335. The van der Waals surface area contributed by atoms with Crippen molar-refractivity contribution in [2.75, 3.05) is 18.5 Å². The summed E-state index contributed by atoms with van der Waals surface area (Å²) in [6.07, 6.45) is 0.882. The first-order valence-electron chi connectivity index (χ1n) is 7.83. The molecule has 130 valence electrons. The number of halogens is 1. The van der Waals surface area contributed by atoms with E-state index in [0.29, 0.717) is 34.1 Å². The summed E-state index contributed by atoms with van der Waals surface area (Å²) in [4.78, 5) is 18.7. The SMILES string of the molecule is CCCOc1ccccc1NC(=O)COn1nnc2ccc(Cl)cc21. The largest absolute Gasteiger partial charge is 0.491 e. The van der Waals surface area contributed by atoms with Gasteiger partial charge < -0.3 is 14.9 Å². The maximum Gasteiger partial charge on any atom is 0.265 e. The fourth-order valence-corrected chi connectivity index (χ4v) is 2.35. The Morgan fingerprint density at radius 2 is 2.12 bits per heavy atom. The molecule has 1 amide bonds. The van der Waals surface area contributed by atoms with E-state index in [1.54, 1.807) is 30.3 Å². The van der Waals surface area contributed by atoms with Gasteiger partial charge in [-0.3, -0.25) is 4.79 Å². The van der Waals surface area contributed by atoms with E-state index in [1.807, 2.05) is 19.1 Å². The normalized spacial score (nSPS) is 10.6. The van der Waals surface area contributed by atoms with E-state index < -0.39 is 0 Å². The van der Waals surface area contributed by atoms with E-state index in [0.717, 1.165) is 6.42 Å². The van der Waals surface area contributed by atoms with Crippen LogP contribution in [0, 0.1) is 0 Å². The van der Waals surface area contributed by atoms with Gasteiger partial charge in [-0.15, -0.1) is 5.10 Å². The zero-order chi connectivity index (χ0) is 17.6. The van der Waals surface area contributed by atoms with Gasteiger partial charge in [0.15, 0.2) is 6.61 Å². The molecule has 0 aliphatic heterocycles. The van der Waals surface area contributed by atoms with Crippen molar-refractivity contribution in [3.63, 3.8) is 0 Å². The summed E-state index contributed by atoms with van der Waals surface area (Å²) < 4.78 is 5.61. The Kier molecular flexibility index (Phi) is 5.35. The fourth-order valence-electron chi connectivity index (χ4n) is 2.18. The Morgan fingerprint density at radius 1 is 1.28 bits per heavy atom. The maximum absolute atomic E-state index is 12.2. The molecule has 0 unspecified atom stereocenters. The minimum Gasteiger partial charge on any atom is -0.491 e. The van der Waals surface area contributed by atoms with Gasteiger partial charge in [0.1, 0.15) is 16.8 Å². The highest BCUT2D eigenvalue weighted by molar-refractivity contribution is 6.31. The number of nitrogens with one attached hydrogen (secondary N) is 1. The van der Waals surface area contributed by atoms with Gasteiger partial charge in [0, 0.05) is 5.02 Å². The van der Waals surface area contributed by atoms with Crippen molar-refractivity contribution in [2.45, 2.75) is 13.3 Å². The molecule has 0 atom stereocenters. The second-order valence-corrected chi connectivity index (χ2v) is 5.70. The molecule has 0 saturated heterocycles. The van der Waals surface area contributed by atoms with Crippen LogP contribution in [0.1, 0.15) is 13.3 Å². The van der Waals surface area contributed by atoms with Crippen LogP contribution in [0.5, 0.6) is 5.75 Å². The van der Waals surface area contributed by atoms with Gasteiger partial charge in [-0.05, 0) is 42.0 Å². The van der Waals surface area contributed by atoms with Crippen LogP contribution in [0.15, 0.2) is 42.5 Å². The number of fused-ring (bicyclic) bond motifs is 1. The van der Waals surface area contributed by atoms with Gasteiger partial charge in [0.2, 0.25) is 0 Å². The number of anilines is 1. The number of benzene rings is 2. The molecular weight excluding hydrogens is 344 g/mol. The van der Waals surface area contributed by atoms with Crippen LogP contribution in [-0.4, -0.2) is 34.3 Å². The van der Waals surface area contributed by atoms with Crippen LogP contribution in [-0.2, 0) is 4.79 Å². The predicted octanol–water partition coefficient (Wildman–Crippen LogP) is 2.94. The highest BCUT2D eigenvalue weighted by Gasteiger charge is 2.11. The van der Waals surface area contributed by atoms with Crippen LogP contribution in [0.4, 0.5) is 5.69 Å². The third-order valence-electron chi connectivity index (χ3n) is 3.32. The number of carbonyl (C=O) groups excluding carboxylic acids is 1. The quantitative estimate of drug-likeness (QED) is 0.700. The molecule has 0 spiro atoms. The van der Waals surface area contributed by atoms with Crippen molar-refractivity contribution in [3.8, 4) is 5.75 Å². The molecule has 8 heteroatoms. The molecule has 0 fully saturated rings. The molecule has 25 heavy (non-hydrogen) atoms. The smallest absolute Gasteiger partial charge is 0.265 e. The lowest BCUT2D eigenvalue weighted by Gasteiger charge is -2.12. The molecule has 1 heterocycles. The average molecular weight is 361 g/mol. The Balaban J connectivity index is 1.64. The summed E-state index contributed by atoms with van der Waals surface area (Å²) in [5, 5.41) is 11.1. The van der Waals surface area contributed by atoms with Crippen LogP contribution in [0.3, 0.4) is 0 Å². The first-order chi connectivity index (χ1) is 12.2. The summed E-state index contributed by atoms with van der Waals surface area (Å²) in [7, 11) is 0. The van der Waals surface area contributed by atoms with E-state index in [-0.39, 0.29) is 12.5 Å². The van der Waals surface area contributed by atoms with Crippen molar-refractivity contribution in [1.29, 1.82) is 0 Å². The van der Waals surface area contributed by atoms with Gasteiger partial charge in [0.25, 0.3) is 5.91 Å². The summed E-state index contributed by atoms with van der Waals surface area (Å²) in [5.74, 6) is 0.286. The molecule has 2 aromatic carbocycles. The number of hydrogen-bond acceptors (Lipinski definition) is 5. The monoisotopic (exact) mass is 360 g/mol. The number of rotatable bonds is 7. The Hall–Kier alpha value is -2.80. The summed E-state index contributed by atoms with van der Waals surface area (Å²) in [5.41, 5.74) is 1.81. The predicted molar refractivity (Wildman–Crippen MR) is 94.8 cm³/mol. The van der Waals surface area contributed by atoms with Crippen molar-refractivity contribution in [1.82, 2.24) is 15.2 Å². The summed E-state index contributed by atoms with van der Waals surface area (Å²) >= 11 is 5.96. The first-order valence-corrected chi connectivity index (χ1v) is 8.21. The lowest BCUT2D eigenvalue weighted by molar-refractivity contribution is -0.121. The number of aromatic nitrogens is 3. The molecule has 0 saturated carbocycles. The van der Waals surface area contributed by atoms with Gasteiger partial charge in [0.05, 0.1) is 12.3 Å². The van der Waals surface area contributed by atoms with E-state index in [4.69, 9.17) is 21.2 Å². The van der Waals surface area contributed by atoms with Crippen LogP contribution >= 0.6 is 11.6 Å². The number of nitrogens with zero attached hydrogens (tertiary/aromatic N) is 3. The molecule has 3 aromatic rings. The number of carbonyl (C=O) groups is 1. The molecule has 0 radical (unpaired) electrons. The van der Waals surface area contributed by atoms with Gasteiger partial charge in [-0.1, -0.05) is 35.5 Å². The molecule has 0 aliphatic carbocycles. The fraction of sp³-hybridized carbons (Fsp3) is 0.235. The van der Waals surface area contributed by atoms with Crippen molar-refractivity contribution < 1.29 is 14.4 Å². The third kappa shape index (κ3) is 4.19. The Morgan fingerprint density at radius 3 is 2.96 bits per heavy atom. The molecule has 0 bridgehead atoms. The van der Waals surface area contributed by atoms with Crippen LogP contribution in [0.2, 0.25) is 5.02 Å². The highest BCUT2D eigenvalue weighted by Crippen LogP contribution is 2.23. The van der Waals surface area contributed by atoms with Gasteiger partial charge >= 0.3 is 0 Å². The Bertz CT molecular complexity index is 881. The third-order valence-corrected chi connectivity index (χ3v) is 3.55. The lowest BCUT2D eigenvalue weighted by Crippen LogP contribution is -2.26. The molecule has 1 N–H and O–H groups in total. The molecule has 3 rings (SSSR count). The van der Waals surface area contributed by atoms with Crippen LogP contribution in [0.25, 0.3) is 11.0 Å². The Labute approximate surface area is 149 Å². The van der Waals surface area contributed by atoms with E-state index >= 15 is 0 Å². The highest BCUT2D eigenvalue weighted by atomic mass is 35.5. The van der Waals surface area contributed by atoms with E-state index in [9.17, 15) is 4.79 Å². The summed E-state index contributed by atoms with van der Waals surface area (Å²) in [6, 6.07) is 12.4. The second kappa shape index (κ2) is 7.85. The first kappa shape index (κ1) is 17.0. The summed E-state index contributed by atoms with van der Waals surface area (Å²) in [6.45, 7) is 2.37. The zero-order valence-electron chi connectivity index (χ0n) is 13.6. The van der Waals surface area contributed by atoms with Gasteiger partial charge in [-0.2, -0.15) is 0 Å². The number of para-hydroxylation sites is 2. The maximum atomic E-state index is 12.2. The number of ether oxygens (including phenoxy) is 1. The number of amides is 1. The standard InChI is InChI=1S/C17H17ClN4O3/c1-2-9-24-16-6-4-3-5-14(16)19-17(23)11-25-22-15-10-12(18)7-8-13(15)20-21-22/h3-8,10H,2,9,11H2,1H3,(H,19,23). The minimum absolute atomic E-state index is 0.229. The number of hydrogen-bond donors (Lipinski definition) is 1. The van der Waals surface area contributed by atoms with Crippen molar-refractivity contribution in [3.05, 3.63) is 47.5 Å². The average Bonchev–Trinajstić information content (AvgIpc) is 3.01. The lowest BCUT2D eigenvalue weighted by atomic mass is 10.3. The molecular formula is C17H17ClN4O3. The van der Waals surface area contributed by atoms with Crippen molar-refractivity contribution in [2.24, 2.45) is 0 Å². The van der Waals surface area contributed by atoms with Gasteiger partial charge in [-0.25, -0.2) is 0 Å².